The van der Waals surface area contributed by atoms with Crippen LogP contribution in [0.15, 0.2) is 58.9 Å². The first kappa shape index (κ1) is 24.2. The van der Waals surface area contributed by atoms with Gasteiger partial charge in [-0.25, -0.2) is 0 Å². The van der Waals surface area contributed by atoms with Gasteiger partial charge in [-0.15, -0.1) is 0 Å². The Labute approximate surface area is 171 Å². The zero-order chi connectivity index (χ0) is 21.3. The molecular weight excluding hydrogens is 348 g/mol. The third-order valence-electron chi connectivity index (χ3n) is 5.62. The third-order valence-corrected chi connectivity index (χ3v) is 5.62. The maximum absolute atomic E-state index is 12.4. The summed E-state index contributed by atoms with van der Waals surface area (Å²) in [6, 6.07) is 0. The average molecular weight is 387 g/mol. The highest BCUT2D eigenvalue weighted by molar-refractivity contribution is 5.97. The van der Waals surface area contributed by atoms with Gasteiger partial charge in [0.1, 0.15) is 0 Å². The van der Waals surface area contributed by atoms with Crippen molar-refractivity contribution in [3.63, 3.8) is 0 Å². The van der Waals surface area contributed by atoms with E-state index in [0.29, 0.717) is 17.8 Å². The molecule has 0 radical (unpaired) electrons. The molecule has 3 nitrogen and oxygen atoms in total. The first-order valence-electron chi connectivity index (χ1n) is 10.3. The number of aliphatic hydroxyl groups is 1. The van der Waals surface area contributed by atoms with Gasteiger partial charge in [-0.1, -0.05) is 54.5 Å². The SMILES string of the molecule is C=CC(=CCCC(C)=CCC1C(C)C(=O)C(OC)=C(C)C1O)CCC=C(C)C. The van der Waals surface area contributed by atoms with E-state index in [1.807, 2.05) is 13.0 Å². The highest BCUT2D eigenvalue weighted by atomic mass is 16.5. The molecule has 28 heavy (non-hydrogen) atoms. The van der Waals surface area contributed by atoms with E-state index in [1.165, 1.54) is 23.8 Å². The lowest BCUT2D eigenvalue weighted by Crippen LogP contribution is -2.38. The van der Waals surface area contributed by atoms with Crippen molar-refractivity contribution in [2.75, 3.05) is 7.11 Å². The molecule has 1 aliphatic rings. The molecule has 156 valence electrons. The van der Waals surface area contributed by atoms with Crippen LogP contribution in [0.3, 0.4) is 0 Å². The van der Waals surface area contributed by atoms with Crippen LogP contribution in [-0.4, -0.2) is 24.1 Å². The number of aliphatic hydroxyl groups excluding tert-OH is 1. The van der Waals surface area contributed by atoms with E-state index in [4.69, 9.17) is 4.74 Å². The zero-order valence-electron chi connectivity index (χ0n) is 18.5. The van der Waals surface area contributed by atoms with Gasteiger partial charge in [0.05, 0.1) is 13.2 Å². The lowest BCUT2D eigenvalue weighted by molar-refractivity contribution is -0.126. The number of ketones is 1. The van der Waals surface area contributed by atoms with Crippen LogP contribution in [0, 0.1) is 11.8 Å². The first-order chi connectivity index (χ1) is 13.2. The van der Waals surface area contributed by atoms with Gasteiger partial charge in [-0.05, 0) is 59.8 Å². The van der Waals surface area contributed by atoms with E-state index >= 15 is 0 Å². The first-order valence-corrected chi connectivity index (χ1v) is 10.3. The molecule has 1 N–H and O–H groups in total. The molecule has 3 unspecified atom stereocenters. The number of hydrogen-bond donors (Lipinski definition) is 1. The van der Waals surface area contributed by atoms with Crippen LogP contribution in [0.5, 0.6) is 0 Å². The van der Waals surface area contributed by atoms with E-state index in [2.05, 4.69) is 45.6 Å². The predicted octanol–water partition coefficient (Wildman–Crippen LogP) is 6.08. The Kier molecular flexibility index (Phi) is 10.2. The second-order valence-corrected chi connectivity index (χ2v) is 8.11. The van der Waals surface area contributed by atoms with Gasteiger partial charge in [-0.3, -0.25) is 4.79 Å². The van der Waals surface area contributed by atoms with Crippen molar-refractivity contribution in [3.8, 4) is 0 Å². The lowest BCUT2D eigenvalue weighted by Gasteiger charge is -2.33. The maximum Gasteiger partial charge on any atom is 0.200 e. The highest BCUT2D eigenvalue weighted by Crippen LogP contribution is 2.34. The molecule has 0 heterocycles. The quantitative estimate of drug-likeness (QED) is 0.366. The molecule has 3 heteroatoms. The fourth-order valence-corrected chi connectivity index (χ4v) is 3.66. The van der Waals surface area contributed by atoms with Gasteiger partial charge in [0, 0.05) is 17.4 Å². The van der Waals surface area contributed by atoms with Crippen molar-refractivity contribution in [1.29, 1.82) is 0 Å². The van der Waals surface area contributed by atoms with Gasteiger partial charge in [0.25, 0.3) is 0 Å². The van der Waals surface area contributed by atoms with Crippen molar-refractivity contribution in [1.82, 2.24) is 0 Å². The summed E-state index contributed by atoms with van der Waals surface area (Å²) in [6.07, 6.45) is 12.8. The summed E-state index contributed by atoms with van der Waals surface area (Å²) in [5, 5.41) is 10.6. The summed E-state index contributed by atoms with van der Waals surface area (Å²) in [4.78, 5) is 12.4. The zero-order valence-corrected chi connectivity index (χ0v) is 18.5. The average Bonchev–Trinajstić information content (AvgIpc) is 2.65. The number of rotatable bonds is 10. The summed E-state index contributed by atoms with van der Waals surface area (Å²) in [7, 11) is 1.49. The van der Waals surface area contributed by atoms with Gasteiger partial charge in [-0.2, -0.15) is 0 Å². The second kappa shape index (κ2) is 11.9. The topological polar surface area (TPSA) is 46.5 Å². The second-order valence-electron chi connectivity index (χ2n) is 8.11. The maximum atomic E-state index is 12.4. The number of ether oxygens (including phenoxy) is 1. The molecule has 1 aliphatic carbocycles. The van der Waals surface area contributed by atoms with Crippen LogP contribution in [0.25, 0.3) is 0 Å². The van der Waals surface area contributed by atoms with E-state index in [9.17, 15) is 9.90 Å². The number of hydrogen-bond acceptors (Lipinski definition) is 3. The van der Waals surface area contributed by atoms with Crippen molar-refractivity contribution in [2.24, 2.45) is 11.8 Å². The Morgan fingerprint density at radius 3 is 2.36 bits per heavy atom. The van der Waals surface area contributed by atoms with E-state index < -0.39 is 6.10 Å². The normalized spacial score (nSPS) is 23.7. The van der Waals surface area contributed by atoms with Gasteiger partial charge < -0.3 is 9.84 Å². The minimum absolute atomic E-state index is 0.00345. The largest absolute Gasteiger partial charge is 0.493 e. The van der Waals surface area contributed by atoms with E-state index in [1.54, 1.807) is 6.92 Å². The number of carbonyl (C=O) groups is 1. The predicted molar refractivity (Wildman–Crippen MR) is 118 cm³/mol. The third kappa shape index (κ3) is 6.94. The van der Waals surface area contributed by atoms with Crippen LogP contribution >= 0.6 is 0 Å². The van der Waals surface area contributed by atoms with Gasteiger partial charge in [0.15, 0.2) is 5.76 Å². The number of Topliss-reactive ketones (excluding diaryl/α,β-unsaturated/α-hetero) is 1. The number of allylic oxidation sites excluding steroid dienone is 8. The molecule has 0 spiro atoms. The Morgan fingerprint density at radius 1 is 1.14 bits per heavy atom. The number of methoxy groups -OCH3 is 1. The Morgan fingerprint density at radius 2 is 1.79 bits per heavy atom. The van der Waals surface area contributed by atoms with E-state index in [0.717, 1.165) is 25.7 Å². The van der Waals surface area contributed by atoms with Crippen molar-refractivity contribution < 1.29 is 14.6 Å². The molecule has 3 atom stereocenters. The molecule has 0 saturated heterocycles. The molecule has 0 amide bonds. The van der Waals surface area contributed by atoms with Crippen LogP contribution in [-0.2, 0) is 9.53 Å². The summed E-state index contributed by atoms with van der Waals surface area (Å²) in [6.45, 7) is 14.0. The Bertz CT molecular complexity index is 672. The number of carbonyl (C=O) groups excluding carboxylic acids is 1. The van der Waals surface area contributed by atoms with Crippen LogP contribution in [0.1, 0.15) is 66.7 Å². The van der Waals surface area contributed by atoms with Crippen molar-refractivity contribution in [3.05, 3.63) is 58.9 Å². The Balaban J connectivity index is 2.64. The molecule has 0 aromatic heterocycles. The van der Waals surface area contributed by atoms with Gasteiger partial charge >= 0.3 is 0 Å². The Hall–Kier alpha value is -1.87. The van der Waals surface area contributed by atoms with Crippen LogP contribution in [0.4, 0.5) is 0 Å². The molecule has 0 aromatic rings. The molecule has 0 aliphatic heterocycles. The minimum atomic E-state index is -0.631. The standard InChI is InChI=1S/C25H38O3/c1-8-21(13-9-11-17(2)3)14-10-12-18(4)15-16-22-19(5)24(27)25(28-7)20(6)23(22)26/h8,11,14-15,19,22-23,26H,1,9-10,12-13,16H2,2-7H3. The fraction of sp³-hybridized carbons (Fsp3) is 0.560. The summed E-state index contributed by atoms with van der Waals surface area (Å²) in [5.41, 5.74) is 4.58. The summed E-state index contributed by atoms with van der Waals surface area (Å²) >= 11 is 0. The lowest BCUT2D eigenvalue weighted by atomic mass is 9.75. The molecule has 0 fully saturated rings. The fourth-order valence-electron chi connectivity index (χ4n) is 3.66. The minimum Gasteiger partial charge on any atom is -0.493 e. The highest BCUT2D eigenvalue weighted by Gasteiger charge is 2.39. The monoisotopic (exact) mass is 386 g/mol. The molecule has 1 rings (SSSR count). The molecule has 0 saturated carbocycles. The summed E-state index contributed by atoms with van der Waals surface area (Å²) < 4.78 is 5.19. The van der Waals surface area contributed by atoms with Crippen LogP contribution < -0.4 is 0 Å². The summed E-state index contributed by atoms with van der Waals surface area (Å²) in [5.74, 6) is -0.00632. The molecule has 0 aromatic carbocycles. The smallest absolute Gasteiger partial charge is 0.200 e. The van der Waals surface area contributed by atoms with E-state index in [-0.39, 0.29) is 17.6 Å². The van der Waals surface area contributed by atoms with Crippen LogP contribution in [0.2, 0.25) is 0 Å². The van der Waals surface area contributed by atoms with Crippen molar-refractivity contribution >= 4 is 5.78 Å². The van der Waals surface area contributed by atoms with Crippen molar-refractivity contribution in [2.45, 2.75) is 72.8 Å². The van der Waals surface area contributed by atoms with Gasteiger partial charge in [0.2, 0.25) is 5.78 Å². The molecule has 0 bridgehead atoms. The molecular formula is C25H38O3.